The van der Waals surface area contributed by atoms with Gasteiger partial charge in [0.25, 0.3) is 0 Å². The van der Waals surface area contributed by atoms with Gasteiger partial charge < -0.3 is 10.4 Å². The minimum atomic E-state index is -0.816. The maximum Gasteiger partial charge on any atom is 0.346 e. The van der Waals surface area contributed by atoms with Crippen molar-refractivity contribution in [2.75, 3.05) is 6.54 Å². The molecule has 112 valence electrons. The molecule has 0 unspecified atom stereocenters. The van der Waals surface area contributed by atoms with Crippen LogP contribution in [-0.4, -0.2) is 17.6 Å². The highest BCUT2D eigenvalue weighted by Crippen LogP contribution is 2.31. The van der Waals surface area contributed by atoms with Crippen LogP contribution in [0.4, 0.5) is 0 Å². The van der Waals surface area contributed by atoms with Crippen LogP contribution in [0.3, 0.4) is 0 Å². The number of thiophene rings is 1. The summed E-state index contributed by atoms with van der Waals surface area (Å²) in [6.45, 7) is 1.63. The zero-order valence-corrected chi connectivity index (χ0v) is 12.9. The molecule has 3 rings (SSSR count). The van der Waals surface area contributed by atoms with E-state index in [1.807, 2.05) is 24.3 Å². The van der Waals surface area contributed by atoms with E-state index in [1.54, 1.807) is 0 Å². The van der Waals surface area contributed by atoms with Gasteiger partial charge in [-0.1, -0.05) is 43.9 Å². The van der Waals surface area contributed by atoms with Crippen LogP contribution in [0.2, 0.25) is 0 Å². The van der Waals surface area contributed by atoms with Crippen LogP contribution in [-0.2, 0) is 6.54 Å². The van der Waals surface area contributed by atoms with Crippen LogP contribution in [0, 0.1) is 5.92 Å². The summed E-state index contributed by atoms with van der Waals surface area (Å²) in [6.07, 6.45) is 6.70. The Balaban J connectivity index is 1.67. The predicted molar refractivity (Wildman–Crippen MR) is 87.1 cm³/mol. The van der Waals surface area contributed by atoms with Crippen LogP contribution in [0.25, 0.3) is 10.1 Å². The number of carbonyl (C=O) groups is 1. The van der Waals surface area contributed by atoms with Crippen molar-refractivity contribution in [2.45, 2.75) is 38.6 Å². The minimum absolute atomic E-state index is 0.476. The summed E-state index contributed by atoms with van der Waals surface area (Å²) in [5.74, 6) is 0.0551. The zero-order valence-electron chi connectivity index (χ0n) is 12.1. The number of nitrogens with one attached hydrogen (secondary N) is 1. The first-order chi connectivity index (χ1) is 10.3. The van der Waals surface area contributed by atoms with Crippen molar-refractivity contribution in [2.24, 2.45) is 5.92 Å². The first kappa shape index (κ1) is 14.5. The third-order valence-corrected chi connectivity index (χ3v) is 5.60. The molecule has 0 bridgehead atoms. The topological polar surface area (TPSA) is 49.3 Å². The van der Waals surface area contributed by atoms with Crippen LogP contribution >= 0.6 is 11.3 Å². The lowest BCUT2D eigenvalue weighted by atomic mass is 10.0. The summed E-state index contributed by atoms with van der Waals surface area (Å²) in [5, 5.41) is 13.9. The second kappa shape index (κ2) is 6.58. The molecular formula is C17H21NO2S. The maximum absolute atomic E-state index is 11.4. The quantitative estimate of drug-likeness (QED) is 0.784. The molecule has 1 aliphatic carbocycles. The smallest absolute Gasteiger partial charge is 0.346 e. The number of fused-ring (bicyclic) bond motifs is 1. The molecule has 1 aliphatic rings. The standard InChI is InChI=1S/C17H21NO2S/c19-17(20)16-14(13-7-3-4-8-15(13)21-16)11-18-10-9-12-5-1-2-6-12/h3-4,7-8,12,18H,1-2,5-6,9-11H2,(H,19,20). The number of hydrogen-bond donors (Lipinski definition) is 2. The van der Waals surface area contributed by atoms with Gasteiger partial charge in [-0.3, -0.25) is 0 Å². The number of aromatic carboxylic acids is 1. The second-order valence-electron chi connectivity index (χ2n) is 5.83. The molecule has 2 N–H and O–H groups in total. The lowest BCUT2D eigenvalue weighted by Crippen LogP contribution is -2.18. The van der Waals surface area contributed by atoms with Crippen LogP contribution in [0.15, 0.2) is 24.3 Å². The fourth-order valence-electron chi connectivity index (χ4n) is 3.27. The zero-order chi connectivity index (χ0) is 14.7. The van der Waals surface area contributed by atoms with Gasteiger partial charge in [0, 0.05) is 11.2 Å². The van der Waals surface area contributed by atoms with Crippen molar-refractivity contribution in [1.29, 1.82) is 0 Å². The van der Waals surface area contributed by atoms with Crippen molar-refractivity contribution >= 4 is 27.4 Å². The van der Waals surface area contributed by atoms with Crippen molar-refractivity contribution in [1.82, 2.24) is 5.32 Å². The Labute approximate surface area is 129 Å². The number of benzene rings is 1. The van der Waals surface area contributed by atoms with Crippen LogP contribution < -0.4 is 5.32 Å². The number of hydrogen-bond acceptors (Lipinski definition) is 3. The van der Waals surface area contributed by atoms with Crippen LogP contribution in [0.5, 0.6) is 0 Å². The summed E-state index contributed by atoms with van der Waals surface area (Å²) in [5.41, 5.74) is 0.939. The average molecular weight is 303 g/mol. The lowest BCUT2D eigenvalue weighted by Gasteiger charge is -2.10. The van der Waals surface area contributed by atoms with E-state index in [9.17, 15) is 9.90 Å². The van der Waals surface area contributed by atoms with Gasteiger partial charge in [0.15, 0.2) is 0 Å². The molecule has 1 aromatic carbocycles. The number of rotatable bonds is 6. The van der Waals surface area contributed by atoms with E-state index < -0.39 is 5.97 Å². The molecule has 0 atom stereocenters. The van der Waals surface area contributed by atoms with Crippen molar-refractivity contribution in [3.63, 3.8) is 0 Å². The van der Waals surface area contributed by atoms with Crippen LogP contribution in [0.1, 0.15) is 47.3 Å². The summed E-state index contributed by atoms with van der Waals surface area (Å²) in [7, 11) is 0. The molecule has 0 amide bonds. The Kier molecular flexibility index (Phi) is 4.56. The molecule has 1 saturated carbocycles. The predicted octanol–water partition coefficient (Wildman–Crippen LogP) is 4.27. The normalized spacial score (nSPS) is 15.8. The van der Waals surface area contributed by atoms with E-state index in [-0.39, 0.29) is 0 Å². The fraction of sp³-hybridized carbons (Fsp3) is 0.471. The van der Waals surface area contributed by atoms with Gasteiger partial charge in [-0.25, -0.2) is 4.79 Å². The highest BCUT2D eigenvalue weighted by Gasteiger charge is 2.18. The monoisotopic (exact) mass is 303 g/mol. The molecule has 1 aromatic heterocycles. The lowest BCUT2D eigenvalue weighted by molar-refractivity contribution is 0.0701. The third kappa shape index (κ3) is 3.27. The third-order valence-electron chi connectivity index (χ3n) is 4.40. The molecule has 4 heteroatoms. The SMILES string of the molecule is O=C(O)c1sc2ccccc2c1CNCCC1CCCC1. The Morgan fingerprint density at radius 1 is 1.29 bits per heavy atom. The van der Waals surface area contributed by atoms with Gasteiger partial charge in [0.05, 0.1) is 0 Å². The molecule has 21 heavy (non-hydrogen) atoms. The molecule has 0 spiro atoms. The Morgan fingerprint density at radius 3 is 2.81 bits per heavy atom. The van der Waals surface area contributed by atoms with E-state index in [0.29, 0.717) is 11.4 Å². The molecule has 0 aliphatic heterocycles. The van der Waals surface area contributed by atoms with Crippen molar-refractivity contribution in [3.05, 3.63) is 34.7 Å². The number of carboxylic acids is 1. The van der Waals surface area contributed by atoms with E-state index in [0.717, 1.165) is 28.1 Å². The number of carboxylic acid groups (broad SMARTS) is 1. The summed E-state index contributed by atoms with van der Waals surface area (Å²) >= 11 is 1.38. The molecule has 1 fully saturated rings. The molecular weight excluding hydrogens is 282 g/mol. The summed E-state index contributed by atoms with van der Waals surface area (Å²) in [4.78, 5) is 11.9. The van der Waals surface area contributed by atoms with E-state index in [2.05, 4.69) is 5.32 Å². The Hall–Kier alpha value is -1.39. The fourth-order valence-corrected chi connectivity index (χ4v) is 4.33. The van der Waals surface area contributed by atoms with Gasteiger partial charge >= 0.3 is 5.97 Å². The van der Waals surface area contributed by atoms with E-state index in [4.69, 9.17) is 0 Å². The highest BCUT2D eigenvalue weighted by atomic mass is 32.1. The first-order valence-corrected chi connectivity index (χ1v) is 8.52. The Bertz CT molecular complexity index is 629. The van der Waals surface area contributed by atoms with Gasteiger partial charge in [-0.2, -0.15) is 0 Å². The van der Waals surface area contributed by atoms with Crippen molar-refractivity contribution in [3.8, 4) is 0 Å². The largest absolute Gasteiger partial charge is 0.477 e. The van der Waals surface area contributed by atoms with Gasteiger partial charge in [0.2, 0.25) is 0 Å². The average Bonchev–Trinajstić information content (AvgIpc) is 3.11. The highest BCUT2D eigenvalue weighted by molar-refractivity contribution is 7.21. The molecule has 0 saturated heterocycles. The minimum Gasteiger partial charge on any atom is -0.477 e. The van der Waals surface area contributed by atoms with Gasteiger partial charge in [0.1, 0.15) is 4.88 Å². The molecule has 2 aromatic rings. The second-order valence-corrected chi connectivity index (χ2v) is 6.88. The molecule has 3 nitrogen and oxygen atoms in total. The maximum atomic E-state index is 11.4. The van der Waals surface area contributed by atoms with E-state index >= 15 is 0 Å². The van der Waals surface area contributed by atoms with E-state index in [1.165, 1.54) is 43.4 Å². The van der Waals surface area contributed by atoms with Gasteiger partial charge in [-0.05, 0) is 35.9 Å². The summed E-state index contributed by atoms with van der Waals surface area (Å²) < 4.78 is 1.06. The van der Waals surface area contributed by atoms with Crippen molar-refractivity contribution < 1.29 is 9.90 Å². The summed E-state index contributed by atoms with van der Waals surface area (Å²) in [6, 6.07) is 7.95. The first-order valence-electron chi connectivity index (χ1n) is 7.70. The Morgan fingerprint density at radius 2 is 2.05 bits per heavy atom. The molecule has 0 radical (unpaired) electrons. The molecule has 1 heterocycles. The van der Waals surface area contributed by atoms with Gasteiger partial charge in [-0.15, -0.1) is 11.3 Å².